The largest absolute Gasteiger partial charge is 0.398 e. The molecule has 0 amide bonds. The van der Waals surface area contributed by atoms with Gasteiger partial charge in [-0.3, -0.25) is 0 Å². The second kappa shape index (κ2) is 5.67. The molecule has 0 fully saturated rings. The third-order valence-electron chi connectivity index (χ3n) is 1.76. The maximum atomic E-state index is 5.25. The lowest BCUT2D eigenvalue weighted by atomic mass is 10.5. The molecule has 0 aromatic carbocycles. The van der Waals surface area contributed by atoms with E-state index in [4.69, 9.17) is 14.7 Å². The molecule has 4 nitrogen and oxygen atoms in total. The molecule has 0 radical (unpaired) electrons. The van der Waals surface area contributed by atoms with E-state index in [1.807, 2.05) is 6.55 Å². The maximum Gasteiger partial charge on any atom is 0.334 e. The maximum absolute atomic E-state index is 5.25. The fourth-order valence-electron chi connectivity index (χ4n) is 0.764. The first-order chi connectivity index (χ1) is 5.18. The summed E-state index contributed by atoms with van der Waals surface area (Å²) in [6.07, 6.45) is 0.890. The first-order valence-corrected chi connectivity index (χ1v) is 6.13. The van der Waals surface area contributed by atoms with E-state index in [0.717, 1.165) is 12.5 Å². The van der Waals surface area contributed by atoms with Crippen molar-refractivity contribution in [2.24, 2.45) is 5.90 Å². The van der Waals surface area contributed by atoms with Gasteiger partial charge in [0.15, 0.2) is 0 Å². The lowest BCUT2D eigenvalue weighted by Gasteiger charge is -2.22. The molecule has 2 N–H and O–H groups in total. The van der Waals surface area contributed by atoms with Crippen LogP contribution in [-0.4, -0.2) is 29.4 Å². The molecule has 0 rings (SSSR count). The quantitative estimate of drug-likeness (QED) is 0.369. The standard InChI is InChI=1S/C6H17NO3Si/c1-8-11(3,9-2)6-4-5-10-7/h4-7H2,1-3H3. The van der Waals surface area contributed by atoms with Crippen molar-refractivity contribution < 1.29 is 13.7 Å². The summed E-state index contributed by atoms with van der Waals surface area (Å²) in [6.45, 7) is 2.58. The van der Waals surface area contributed by atoms with Gasteiger partial charge in [-0.25, -0.2) is 5.90 Å². The van der Waals surface area contributed by atoms with E-state index in [1.54, 1.807) is 14.2 Å². The Morgan fingerprint density at radius 2 is 1.82 bits per heavy atom. The molecule has 5 heteroatoms. The van der Waals surface area contributed by atoms with Gasteiger partial charge >= 0.3 is 8.56 Å². The summed E-state index contributed by atoms with van der Waals surface area (Å²) in [7, 11) is 1.49. The van der Waals surface area contributed by atoms with Gasteiger partial charge in [-0.2, -0.15) is 0 Å². The lowest BCUT2D eigenvalue weighted by molar-refractivity contribution is 0.135. The van der Waals surface area contributed by atoms with Gasteiger partial charge in [-0.15, -0.1) is 0 Å². The van der Waals surface area contributed by atoms with Gasteiger partial charge in [-0.05, 0) is 19.0 Å². The van der Waals surface area contributed by atoms with Gasteiger partial charge in [0.25, 0.3) is 0 Å². The molecule has 0 aliphatic heterocycles. The number of nitrogens with two attached hydrogens (primary N) is 1. The Bertz CT molecular complexity index is 97.8. The molecule has 0 heterocycles. The molecule has 0 aromatic heterocycles. The molecular formula is C6H17NO3Si. The second-order valence-corrected chi connectivity index (χ2v) is 6.10. The average molecular weight is 179 g/mol. The third-order valence-corrected chi connectivity index (χ3v) is 4.75. The zero-order valence-corrected chi connectivity index (χ0v) is 8.42. The van der Waals surface area contributed by atoms with Crippen LogP contribution in [0, 0.1) is 0 Å². The van der Waals surface area contributed by atoms with Crippen molar-refractivity contribution in [3.63, 3.8) is 0 Å². The van der Waals surface area contributed by atoms with E-state index in [0.29, 0.717) is 6.61 Å². The minimum atomic E-state index is -1.87. The van der Waals surface area contributed by atoms with Crippen LogP contribution in [0.5, 0.6) is 0 Å². The van der Waals surface area contributed by atoms with E-state index >= 15 is 0 Å². The summed E-state index contributed by atoms with van der Waals surface area (Å²) in [6, 6.07) is 0.914. The lowest BCUT2D eigenvalue weighted by Crippen LogP contribution is -2.36. The summed E-state index contributed by atoms with van der Waals surface area (Å²) in [5.74, 6) is 4.87. The Balaban J connectivity index is 3.51. The predicted octanol–water partition coefficient (Wildman–Crippen LogP) is 0.632. The van der Waals surface area contributed by atoms with Crippen LogP contribution in [0.2, 0.25) is 12.6 Å². The Morgan fingerprint density at radius 1 is 1.27 bits per heavy atom. The zero-order valence-electron chi connectivity index (χ0n) is 7.42. The average Bonchev–Trinajstić information content (AvgIpc) is 2.05. The van der Waals surface area contributed by atoms with Crippen molar-refractivity contribution >= 4 is 8.56 Å². The summed E-state index contributed by atoms with van der Waals surface area (Å²) >= 11 is 0. The smallest absolute Gasteiger partial charge is 0.334 e. The van der Waals surface area contributed by atoms with Crippen molar-refractivity contribution in [3.05, 3.63) is 0 Å². The normalized spacial score (nSPS) is 12.0. The van der Waals surface area contributed by atoms with Crippen LogP contribution in [0.4, 0.5) is 0 Å². The van der Waals surface area contributed by atoms with Crippen LogP contribution in [0.15, 0.2) is 0 Å². The summed E-state index contributed by atoms with van der Waals surface area (Å²) in [5.41, 5.74) is 0. The van der Waals surface area contributed by atoms with Crippen molar-refractivity contribution in [3.8, 4) is 0 Å². The van der Waals surface area contributed by atoms with Crippen molar-refractivity contribution in [2.45, 2.75) is 19.0 Å². The molecular weight excluding hydrogens is 162 g/mol. The van der Waals surface area contributed by atoms with Gasteiger partial charge in [0, 0.05) is 14.2 Å². The van der Waals surface area contributed by atoms with Crippen molar-refractivity contribution in [1.29, 1.82) is 0 Å². The third kappa shape index (κ3) is 4.49. The molecule has 0 aliphatic rings. The van der Waals surface area contributed by atoms with Gasteiger partial charge in [0.2, 0.25) is 0 Å². The Morgan fingerprint density at radius 3 is 2.18 bits per heavy atom. The van der Waals surface area contributed by atoms with Crippen LogP contribution >= 0.6 is 0 Å². The van der Waals surface area contributed by atoms with Gasteiger partial charge in [-0.1, -0.05) is 0 Å². The van der Waals surface area contributed by atoms with E-state index in [2.05, 4.69) is 4.84 Å². The van der Waals surface area contributed by atoms with E-state index in [1.165, 1.54) is 0 Å². The van der Waals surface area contributed by atoms with Crippen LogP contribution in [0.25, 0.3) is 0 Å². The summed E-state index contributed by atoms with van der Waals surface area (Å²) in [5, 5.41) is 0. The van der Waals surface area contributed by atoms with E-state index in [-0.39, 0.29) is 0 Å². The number of rotatable bonds is 6. The molecule has 0 saturated heterocycles. The molecule has 0 unspecified atom stereocenters. The van der Waals surface area contributed by atoms with Crippen LogP contribution < -0.4 is 5.90 Å². The van der Waals surface area contributed by atoms with Crippen molar-refractivity contribution in [1.82, 2.24) is 0 Å². The predicted molar refractivity (Wildman–Crippen MR) is 45.2 cm³/mol. The topological polar surface area (TPSA) is 53.7 Å². The second-order valence-electron chi connectivity index (χ2n) is 2.52. The highest BCUT2D eigenvalue weighted by Crippen LogP contribution is 2.12. The fourth-order valence-corrected chi connectivity index (χ4v) is 2.13. The van der Waals surface area contributed by atoms with Gasteiger partial charge in [0.1, 0.15) is 0 Å². The molecule has 0 aromatic rings. The zero-order chi connectivity index (χ0) is 8.74. The van der Waals surface area contributed by atoms with Gasteiger partial charge < -0.3 is 13.7 Å². The highest BCUT2D eigenvalue weighted by Gasteiger charge is 2.27. The molecule has 0 bridgehead atoms. The summed E-state index contributed by atoms with van der Waals surface area (Å²) in [4.78, 5) is 4.44. The molecule has 0 saturated carbocycles. The minimum Gasteiger partial charge on any atom is -0.398 e. The Kier molecular flexibility index (Phi) is 5.70. The molecule has 0 spiro atoms. The molecule has 11 heavy (non-hydrogen) atoms. The fraction of sp³-hybridized carbons (Fsp3) is 1.00. The highest BCUT2D eigenvalue weighted by molar-refractivity contribution is 6.65. The van der Waals surface area contributed by atoms with E-state index in [9.17, 15) is 0 Å². The van der Waals surface area contributed by atoms with Gasteiger partial charge in [0.05, 0.1) is 6.61 Å². The van der Waals surface area contributed by atoms with E-state index < -0.39 is 8.56 Å². The Hall–Kier alpha value is 0.0569. The van der Waals surface area contributed by atoms with Crippen LogP contribution in [0.1, 0.15) is 6.42 Å². The highest BCUT2D eigenvalue weighted by atomic mass is 28.4. The Labute approximate surface area is 68.8 Å². The number of hydrogen-bond acceptors (Lipinski definition) is 4. The first-order valence-electron chi connectivity index (χ1n) is 3.60. The summed E-state index contributed by atoms with van der Waals surface area (Å²) < 4.78 is 10.5. The minimum absolute atomic E-state index is 0.565. The van der Waals surface area contributed by atoms with Crippen LogP contribution in [0.3, 0.4) is 0 Å². The number of hydrogen-bond donors (Lipinski definition) is 1. The first kappa shape index (κ1) is 11.1. The molecule has 0 aliphatic carbocycles. The van der Waals surface area contributed by atoms with Crippen LogP contribution in [-0.2, 0) is 13.7 Å². The monoisotopic (exact) mass is 179 g/mol. The molecule has 0 atom stereocenters. The molecule has 68 valence electrons. The van der Waals surface area contributed by atoms with Crippen molar-refractivity contribution in [2.75, 3.05) is 20.8 Å². The SMILES string of the molecule is CO[Si](C)(CCCON)OC.